The Morgan fingerprint density at radius 2 is 2.12 bits per heavy atom. The maximum Gasteiger partial charge on any atom is 0.0423 e. The largest absolute Gasteiger partial charge is 0.324 e. The number of nitrogens with zero attached hydrogens (tertiary/aromatic N) is 1. The number of hydrogen-bond donors (Lipinski definition) is 1. The van der Waals surface area contributed by atoms with E-state index >= 15 is 0 Å². The maximum absolute atomic E-state index is 6.18. The van der Waals surface area contributed by atoms with E-state index in [4.69, 9.17) is 5.73 Å². The van der Waals surface area contributed by atoms with Gasteiger partial charge in [0.2, 0.25) is 0 Å². The number of halogens is 2. The third-order valence-electron chi connectivity index (χ3n) is 2.49. The van der Waals surface area contributed by atoms with Crippen molar-refractivity contribution in [1.29, 1.82) is 0 Å². The number of pyridine rings is 1. The van der Waals surface area contributed by atoms with E-state index in [-0.39, 0.29) is 6.04 Å². The minimum Gasteiger partial charge on any atom is -0.324 e. The van der Waals surface area contributed by atoms with Crippen LogP contribution in [-0.4, -0.2) is 4.98 Å². The quantitative estimate of drug-likeness (QED) is 0.795. The Morgan fingerprint density at radius 3 is 2.76 bits per heavy atom. The van der Waals surface area contributed by atoms with Crippen molar-refractivity contribution in [3.63, 3.8) is 0 Å². The van der Waals surface area contributed by atoms with Gasteiger partial charge in [-0.2, -0.15) is 0 Å². The van der Waals surface area contributed by atoms with Crippen molar-refractivity contribution in [2.75, 3.05) is 0 Å². The van der Waals surface area contributed by atoms with E-state index in [0.29, 0.717) is 0 Å². The Labute approximate surface area is 123 Å². The number of rotatable bonds is 3. The van der Waals surface area contributed by atoms with E-state index in [0.717, 1.165) is 22.2 Å². The van der Waals surface area contributed by atoms with Gasteiger partial charge in [0, 0.05) is 32.4 Å². The van der Waals surface area contributed by atoms with Crippen LogP contribution >= 0.6 is 38.5 Å². The molecule has 0 spiro atoms. The van der Waals surface area contributed by atoms with E-state index < -0.39 is 0 Å². The second kappa shape index (κ2) is 5.93. The lowest BCUT2D eigenvalue weighted by atomic mass is 10.0. The van der Waals surface area contributed by atoms with Crippen LogP contribution in [0.25, 0.3) is 0 Å². The fraction of sp³-hybridized carbons (Fsp3) is 0.154. The third kappa shape index (κ3) is 3.76. The molecule has 1 heterocycles. The summed E-state index contributed by atoms with van der Waals surface area (Å²) < 4.78 is 2.20. The van der Waals surface area contributed by atoms with Crippen molar-refractivity contribution in [3.8, 4) is 0 Å². The van der Waals surface area contributed by atoms with Crippen LogP contribution in [0.4, 0.5) is 0 Å². The first-order valence-electron chi connectivity index (χ1n) is 5.26. The molecule has 1 unspecified atom stereocenters. The van der Waals surface area contributed by atoms with Gasteiger partial charge in [0.1, 0.15) is 0 Å². The highest BCUT2D eigenvalue weighted by molar-refractivity contribution is 14.1. The lowest BCUT2D eigenvalue weighted by Gasteiger charge is -2.11. The smallest absolute Gasteiger partial charge is 0.0423 e. The van der Waals surface area contributed by atoms with Crippen LogP contribution in [0, 0.1) is 3.57 Å². The molecular weight excluding hydrogens is 391 g/mol. The molecule has 0 aliphatic rings. The Bertz CT molecular complexity index is 499. The van der Waals surface area contributed by atoms with Gasteiger partial charge in [-0.05, 0) is 68.3 Å². The SMILES string of the molecule is NC(Cc1ccc(Br)cn1)c1cccc(I)c1. The van der Waals surface area contributed by atoms with Crippen molar-refractivity contribution < 1.29 is 0 Å². The van der Waals surface area contributed by atoms with Crippen molar-refractivity contribution in [1.82, 2.24) is 4.98 Å². The van der Waals surface area contributed by atoms with Gasteiger partial charge < -0.3 is 5.73 Å². The fourth-order valence-electron chi connectivity index (χ4n) is 1.61. The van der Waals surface area contributed by atoms with Crippen LogP contribution in [0.15, 0.2) is 47.1 Å². The molecule has 0 saturated carbocycles. The minimum absolute atomic E-state index is 0.00149. The summed E-state index contributed by atoms with van der Waals surface area (Å²) in [5.41, 5.74) is 8.35. The zero-order valence-corrected chi connectivity index (χ0v) is 12.8. The molecule has 2 N–H and O–H groups in total. The summed E-state index contributed by atoms with van der Waals surface area (Å²) >= 11 is 5.67. The molecule has 1 aromatic carbocycles. The maximum atomic E-state index is 6.18. The van der Waals surface area contributed by atoms with Gasteiger partial charge in [-0.25, -0.2) is 0 Å². The summed E-state index contributed by atoms with van der Waals surface area (Å²) in [6.45, 7) is 0. The van der Waals surface area contributed by atoms with Crippen molar-refractivity contribution in [2.45, 2.75) is 12.5 Å². The van der Waals surface area contributed by atoms with E-state index in [1.165, 1.54) is 3.57 Å². The topological polar surface area (TPSA) is 38.9 Å². The van der Waals surface area contributed by atoms with Gasteiger partial charge in [-0.3, -0.25) is 4.98 Å². The monoisotopic (exact) mass is 402 g/mol. The molecule has 0 saturated heterocycles. The molecule has 0 radical (unpaired) electrons. The lowest BCUT2D eigenvalue weighted by Crippen LogP contribution is -2.14. The van der Waals surface area contributed by atoms with Gasteiger partial charge in [-0.1, -0.05) is 12.1 Å². The molecule has 4 heteroatoms. The predicted molar refractivity (Wildman–Crippen MR) is 81.7 cm³/mol. The molecule has 0 fully saturated rings. The standard InChI is InChI=1S/C13H12BrIN2/c14-10-4-5-12(17-8-10)7-13(16)9-2-1-3-11(15)6-9/h1-6,8,13H,7,16H2. The van der Waals surface area contributed by atoms with Gasteiger partial charge >= 0.3 is 0 Å². The first-order valence-corrected chi connectivity index (χ1v) is 7.14. The van der Waals surface area contributed by atoms with Crippen LogP contribution in [0.3, 0.4) is 0 Å². The fourth-order valence-corrected chi connectivity index (χ4v) is 2.41. The van der Waals surface area contributed by atoms with E-state index in [1.54, 1.807) is 6.20 Å². The molecule has 17 heavy (non-hydrogen) atoms. The zero-order chi connectivity index (χ0) is 12.3. The summed E-state index contributed by atoms with van der Waals surface area (Å²) in [5, 5.41) is 0. The molecule has 2 rings (SSSR count). The molecule has 0 aliphatic carbocycles. The number of nitrogens with two attached hydrogens (primary N) is 1. The second-order valence-corrected chi connectivity index (χ2v) is 5.99. The Hall–Kier alpha value is -0.460. The van der Waals surface area contributed by atoms with Crippen LogP contribution in [0.5, 0.6) is 0 Å². The molecule has 2 aromatic rings. The van der Waals surface area contributed by atoms with Crippen LogP contribution < -0.4 is 5.73 Å². The lowest BCUT2D eigenvalue weighted by molar-refractivity contribution is 0.706. The van der Waals surface area contributed by atoms with Crippen LogP contribution in [-0.2, 0) is 6.42 Å². The molecular formula is C13H12BrIN2. The highest BCUT2D eigenvalue weighted by Gasteiger charge is 2.08. The molecule has 1 aromatic heterocycles. The third-order valence-corrected chi connectivity index (χ3v) is 3.63. The highest BCUT2D eigenvalue weighted by Crippen LogP contribution is 2.18. The Kier molecular flexibility index (Phi) is 4.53. The summed E-state index contributed by atoms with van der Waals surface area (Å²) in [6.07, 6.45) is 2.56. The van der Waals surface area contributed by atoms with Crippen molar-refractivity contribution in [3.05, 3.63) is 61.9 Å². The van der Waals surface area contributed by atoms with Gasteiger partial charge in [0.15, 0.2) is 0 Å². The molecule has 0 amide bonds. The van der Waals surface area contributed by atoms with Crippen LogP contribution in [0.1, 0.15) is 17.3 Å². The zero-order valence-electron chi connectivity index (χ0n) is 9.11. The van der Waals surface area contributed by atoms with Gasteiger partial charge in [0.05, 0.1) is 0 Å². The van der Waals surface area contributed by atoms with E-state index in [9.17, 15) is 0 Å². The minimum atomic E-state index is -0.00149. The summed E-state index contributed by atoms with van der Waals surface area (Å²) in [5.74, 6) is 0. The number of benzene rings is 1. The summed E-state index contributed by atoms with van der Waals surface area (Å²) in [6, 6.07) is 12.3. The average Bonchev–Trinajstić information content (AvgIpc) is 2.32. The summed E-state index contributed by atoms with van der Waals surface area (Å²) in [7, 11) is 0. The van der Waals surface area contributed by atoms with Gasteiger partial charge in [-0.15, -0.1) is 0 Å². The molecule has 88 valence electrons. The molecule has 0 bridgehead atoms. The number of hydrogen-bond acceptors (Lipinski definition) is 2. The first-order chi connectivity index (χ1) is 8.15. The average molecular weight is 403 g/mol. The second-order valence-electron chi connectivity index (χ2n) is 3.83. The van der Waals surface area contributed by atoms with E-state index in [2.05, 4.69) is 61.7 Å². The summed E-state index contributed by atoms with van der Waals surface area (Å²) in [4.78, 5) is 4.34. The molecule has 2 nitrogen and oxygen atoms in total. The normalized spacial score (nSPS) is 12.4. The highest BCUT2D eigenvalue weighted by atomic mass is 127. The predicted octanol–water partition coefficient (Wildman–Crippen LogP) is 3.69. The Balaban J connectivity index is 2.11. The van der Waals surface area contributed by atoms with Crippen molar-refractivity contribution >= 4 is 38.5 Å². The van der Waals surface area contributed by atoms with Crippen LogP contribution in [0.2, 0.25) is 0 Å². The molecule has 0 aliphatic heterocycles. The number of aromatic nitrogens is 1. The Morgan fingerprint density at radius 1 is 1.29 bits per heavy atom. The van der Waals surface area contributed by atoms with E-state index in [1.807, 2.05) is 18.2 Å². The van der Waals surface area contributed by atoms with Gasteiger partial charge in [0.25, 0.3) is 0 Å². The van der Waals surface area contributed by atoms with Crippen molar-refractivity contribution in [2.24, 2.45) is 5.73 Å². The molecule has 1 atom stereocenters. The first kappa shape index (κ1) is 13.0.